The molecule has 0 saturated carbocycles. The van der Waals surface area contributed by atoms with Crippen molar-refractivity contribution in [3.05, 3.63) is 46.0 Å². The van der Waals surface area contributed by atoms with E-state index in [1.54, 1.807) is 11.3 Å². The molecule has 1 rings (SSSR count). The van der Waals surface area contributed by atoms with E-state index in [4.69, 9.17) is 18.3 Å². The van der Waals surface area contributed by atoms with Crippen LogP contribution in [0.3, 0.4) is 0 Å². The molecule has 0 fully saturated rings. The number of aryl methyl sites for hydroxylation is 1. The van der Waals surface area contributed by atoms with Crippen LogP contribution in [0.25, 0.3) is 6.08 Å². The molecule has 0 N–H and O–H groups in total. The van der Waals surface area contributed by atoms with E-state index in [0.29, 0.717) is 6.42 Å². The van der Waals surface area contributed by atoms with E-state index in [0.717, 1.165) is 42.7 Å². The Labute approximate surface area is 358 Å². The first-order valence-electron chi connectivity index (χ1n) is 21.5. The van der Waals surface area contributed by atoms with Gasteiger partial charge in [-0.3, -0.25) is 4.79 Å². The summed E-state index contributed by atoms with van der Waals surface area (Å²) in [6, 6.07) is 0. The molecule has 57 heavy (non-hydrogen) atoms. The van der Waals surface area contributed by atoms with Crippen molar-refractivity contribution in [1.29, 1.82) is 0 Å². The second kappa shape index (κ2) is 21.0. The molecule has 0 spiro atoms. The molecule has 328 valence electrons. The molecule has 0 aliphatic heterocycles. The van der Waals surface area contributed by atoms with Gasteiger partial charge in [-0.25, -0.2) is 4.98 Å². The van der Waals surface area contributed by atoms with Gasteiger partial charge in [0.05, 0.1) is 29.0 Å². The summed E-state index contributed by atoms with van der Waals surface area (Å²) in [5.74, 6) is -0.174. The normalized spacial score (nSPS) is 17.2. The maximum absolute atomic E-state index is 15.0. The number of aromatic nitrogens is 1. The predicted molar refractivity (Wildman–Crippen MR) is 256 cm³/mol. The van der Waals surface area contributed by atoms with Gasteiger partial charge >= 0.3 is 0 Å². The van der Waals surface area contributed by atoms with Crippen LogP contribution < -0.4 is 0 Å². The minimum Gasteiger partial charge on any atom is -0.413 e. The lowest BCUT2D eigenvalue weighted by molar-refractivity contribution is -0.141. The van der Waals surface area contributed by atoms with Crippen LogP contribution in [0, 0.1) is 24.2 Å². The van der Waals surface area contributed by atoms with Gasteiger partial charge < -0.3 is 18.1 Å². The van der Waals surface area contributed by atoms with Crippen LogP contribution >= 0.6 is 11.3 Å². The maximum Gasteiger partial charge on any atom is 0.192 e. The fraction of sp³-hybridized carbons (Fsp3) is 0.766. The smallest absolute Gasteiger partial charge is 0.192 e. The summed E-state index contributed by atoms with van der Waals surface area (Å²) in [4.78, 5) is 31.8. The first-order chi connectivity index (χ1) is 25.6. The van der Waals surface area contributed by atoms with Gasteiger partial charge in [0.25, 0.3) is 0 Å². The summed E-state index contributed by atoms with van der Waals surface area (Å²) >= 11 is 1.68. The summed E-state index contributed by atoms with van der Waals surface area (Å²) in [6.45, 7) is 50.7. The molecule has 0 aromatic carbocycles. The average molecular weight is 863 g/mol. The number of carbonyl (C=O) groups excluding carboxylic acids is 2. The van der Waals surface area contributed by atoms with Gasteiger partial charge in [0.2, 0.25) is 0 Å². The van der Waals surface area contributed by atoms with Crippen LogP contribution in [0.15, 0.2) is 35.3 Å². The van der Waals surface area contributed by atoms with Crippen molar-refractivity contribution in [3.8, 4) is 0 Å². The number of allylic oxidation sites excluding steroid dienone is 2. The number of hydrogen-bond donors (Lipinski definition) is 0. The SMILES string of the molecule is C=CC[C@@H](C(=O)C(C)(C)[C@H](CC=O)O[Si](C)(C)C(C)(C)C)[C@@H](O[Si](C)(C)C(C)(C)C)[C@@H](C)CCCC(C)=CC[C@H](O[Si](C)(C)C(C)(C)C)C(C)=Cc1csc(C)n1. The number of rotatable bonds is 23. The molecule has 0 aliphatic carbocycles. The van der Waals surface area contributed by atoms with Crippen molar-refractivity contribution >= 4 is 54.4 Å². The van der Waals surface area contributed by atoms with Crippen molar-refractivity contribution < 1.29 is 22.9 Å². The number of carbonyl (C=O) groups is 2. The Hall–Kier alpha value is -1.28. The second-order valence-electron chi connectivity index (χ2n) is 22.0. The summed E-state index contributed by atoms with van der Waals surface area (Å²) in [7, 11) is -6.60. The lowest BCUT2D eigenvalue weighted by Gasteiger charge is -2.47. The monoisotopic (exact) mass is 862 g/mol. The Balaban J connectivity index is 3.47. The predicted octanol–water partition coefficient (Wildman–Crippen LogP) is 14.5. The molecule has 0 radical (unpaired) electrons. The molecule has 0 aliphatic rings. The molecule has 0 bridgehead atoms. The molecule has 5 atom stereocenters. The summed E-state index contributed by atoms with van der Waals surface area (Å²) in [6.07, 6.45) is 10.9. The van der Waals surface area contributed by atoms with E-state index in [1.165, 1.54) is 11.1 Å². The van der Waals surface area contributed by atoms with Crippen molar-refractivity contribution in [2.75, 3.05) is 0 Å². The minimum atomic E-state index is -2.29. The molecule has 0 unspecified atom stereocenters. The quantitative estimate of drug-likeness (QED) is 0.0620. The highest BCUT2D eigenvalue weighted by Crippen LogP contribution is 2.45. The summed E-state index contributed by atoms with van der Waals surface area (Å²) in [5.41, 5.74) is 2.66. The Morgan fingerprint density at radius 2 is 1.33 bits per heavy atom. The Bertz CT molecular complexity index is 1520. The summed E-state index contributed by atoms with van der Waals surface area (Å²) < 4.78 is 21.2. The third-order valence-corrected chi connectivity index (χ3v) is 27.9. The van der Waals surface area contributed by atoms with Crippen LogP contribution in [0.4, 0.5) is 0 Å². The van der Waals surface area contributed by atoms with Gasteiger partial charge in [0.1, 0.15) is 12.1 Å². The van der Waals surface area contributed by atoms with E-state index >= 15 is 4.79 Å². The van der Waals surface area contributed by atoms with E-state index in [9.17, 15) is 4.79 Å². The highest BCUT2D eigenvalue weighted by Gasteiger charge is 2.50. The van der Waals surface area contributed by atoms with Gasteiger partial charge in [-0.1, -0.05) is 101 Å². The van der Waals surface area contributed by atoms with Gasteiger partial charge in [0, 0.05) is 23.1 Å². The van der Waals surface area contributed by atoms with E-state index in [1.807, 2.05) is 26.8 Å². The number of thiazole rings is 1. The van der Waals surface area contributed by atoms with E-state index in [-0.39, 0.29) is 45.4 Å². The number of aldehydes is 1. The zero-order valence-corrected chi connectivity index (χ0v) is 44.4. The fourth-order valence-corrected chi connectivity index (χ4v) is 11.1. The van der Waals surface area contributed by atoms with E-state index in [2.05, 4.69) is 146 Å². The minimum absolute atomic E-state index is 0.0122. The average Bonchev–Trinajstić information content (AvgIpc) is 3.46. The highest BCUT2D eigenvalue weighted by molar-refractivity contribution is 7.09. The Morgan fingerprint density at radius 1 is 0.825 bits per heavy atom. The molecule has 1 heterocycles. The van der Waals surface area contributed by atoms with Crippen molar-refractivity contribution in [2.24, 2.45) is 17.3 Å². The molecule has 1 aromatic heterocycles. The van der Waals surface area contributed by atoms with Gasteiger partial charge in [0.15, 0.2) is 25.0 Å². The number of hydrogen-bond acceptors (Lipinski definition) is 7. The Morgan fingerprint density at radius 3 is 1.79 bits per heavy atom. The third-order valence-electron chi connectivity index (χ3n) is 13.6. The van der Waals surface area contributed by atoms with E-state index < -0.39 is 42.4 Å². The van der Waals surface area contributed by atoms with Gasteiger partial charge in [-0.15, -0.1) is 17.9 Å². The molecular formula is C47H87NO5SSi3. The topological polar surface area (TPSA) is 74.7 Å². The molecule has 1 aromatic rings. The lowest BCUT2D eigenvalue weighted by atomic mass is 9.71. The molecule has 10 heteroatoms. The zero-order valence-electron chi connectivity index (χ0n) is 40.6. The van der Waals surface area contributed by atoms with Crippen LogP contribution in [0.2, 0.25) is 54.4 Å². The fourth-order valence-electron chi connectivity index (χ4n) is 6.34. The van der Waals surface area contributed by atoms with Crippen LogP contribution in [0.5, 0.6) is 0 Å². The van der Waals surface area contributed by atoms with Gasteiger partial charge in [-0.2, -0.15) is 0 Å². The van der Waals surface area contributed by atoms with Crippen molar-refractivity contribution in [1.82, 2.24) is 4.98 Å². The number of Topliss-reactive ketones (excluding diaryl/α,β-unsaturated/α-hetero) is 1. The second-order valence-corrected chi connectivity index (χ2v) is 37.4. The van der Waals surface area contributed by atoms with Crippen LogP contribution in [-0.2, 0) is 22.9 Å². The Kier molecular flexibility index (Phi) is 19.8. The first-order valence-corrected chi connectivity index (χ1v) is 31.1. The largest absolute Gasteiger partial charge is 0.413 e. The van der Waals surface area contributed by atoms with Crippen molar-refractivity contribution in [2.45, 2.75) is 215 Å². The number of ketones is 1. The van der Waals surface area contributed by atoms with Crippen LogP contribution in [-0.4, -0.2) is 60.3 Å². The first kappa shape index (κ1) is 53.7. The zero-order chi connectivity index (χ0) is 44.6. The number of nitrogens with zero attached hydrogens (tertiary/aromatic N) is 1. The third kappa shape index (κ3) is 15.6. The molecule has 0 amide bonds. The standard InChI is InChI=1S/C47H87NO5SSi3/c1-23-25-39(43(50)47(15,16)41(30-31-49)52-56(19,20)45(9,10)11)42(53-57(21,22)46(12,13)14)35(3)27-24-26-34(2)28-29-40(51-55(17,18)44(6,7)8)36(4)32-38-33-54-37(5)48-38/h23,28,31-33,35,39-42H,1,24-27,29-30H2,2-22H3/t35-,39+,40-,41-,42-/m0/s1. The molecule has 6 nitrogen and oxygen atoms in total. The lowest BCUT2D eigenvalue weighted by Crippen LogP contribution is -2.54. The molecular weight excluding hydrogens is 775 g/mol. The molecule has 0 saturated heterocycles. The van der Waals surface area contributed by atoms with Crippen LogP contribution in [0.1, 0.15) is 146 Å². The van der Waals surface area contributed by atoms with Crippen molar-refractivity contribution in [3.63, 3.8) is 0 Å². The highest BCUT2D eigenvalue weighted by atomic mass is 32.1. The maximum atomic E-state index is 15.0. The summed E-state index contributed by atoms with van der Waals surface area (Å²) in [5, 5.41) is 3.21. The van der Waals surface area contributed by atoms with Gasteiger partial charge in [-0.05, 0) is 125 Å².